The minimum Gasteiger partial charge on any atom is -0.493 e. The number of amides is 1. The SMILES string of the molecule is COc1ccc(CCNC(=O)c2cc3c(=O)n4ccccc4nc3n(Cc3cccnc3)c2=N)cc1OC. The molecule has 2 N–H and O–H groups in total. The number of pyridine rings is 3. The maximum Gasteiger partial charge on any atom is 0.267 e. The first-order chi connectivity index (χ1) is 18.5. The molecule has 0 fully saturated rings. The fourth-order valence-corrected chi connectivity index (χ4v) is 4.34. The van der Waals surface area contributed by atoms with Crippen LogP contribution in [-0.4, -0.2) is 45.6 Å². The summed E-state index contributed by atoms with van der Waals surface area (Å²) in [5, 5.41) is 12.0. The number of ether oxygens (including phenoxy) is 2. The Hall–Kier alpha value is -4.99. The molecule has 0 spiro atoms. The molecule has 192 valence electrons. The van der Waals surface area contributed by atoms with Gasteiger partial charge in [-0.25, -0.2) is 4.98 Å². The minimum absolute atomic E-state index is 0.0443. The third kappa shape index (κ3) is 4.71. The second-order valence-electron chi connectivity index (χ2n) is 8.63. The Labute approximate surface area is 217 Å². The van der Waals surface area contributed by atoms with Crippen molar-refractivity contribution >= 4 is 22.6 Å². The van der Waals surface area contributed by atoms with Crippen molar-refractivity contribution in [1.29, 1.82) is 5.41 Å². The van der Waals surface area contributed by atoms with Gasteiger partial charge in [0.1, 0.15) is 16.8 Å². The van der Waals surface area contributed by atoms with E-state index in [1.54, 1.807) is 61.6 Å². The van der Waals surface area contributed by atoms with E-state index in [2.05, 4.69) is 15.3 Å². The molecular weight excluding hydrogens is 484 g/mol. The van der Waals surface area contributed by atoms with Crippen LogP contribution in [-0.2, 0) is 13.0 Å². The normalized spacial score (nSPS) is 11.0. The van der Waals surface area contributed by atoms with E-state index in [0.29, 0.717) is 35.8 Å². The van der Waals surface area contributed by atoms with Gasteiger partial charge in [-0.15, -0.1) is 0 Å². The van der Waals surface area contributed by atoms with Gasteiger partial charge in [-0.1, -0.05) is 18.2 Å². The van der Waals surface area contributed by atoms with Crippen molar-refractivity contribution in [2.75, 3.05) is 20.8 Å². The van der Waals surface area contributed by atoms with E-state index >= 15 is 0 Å². The smallest absolute Gasteiger partial charge is 0.267 e. The molecule has 4 heterocycles. The van der Waals surface area contributed by atoms with Gasteiger partial charge in [-0.3, -0.25) is 24.4 Å². The van der Waals surface area contributed by atoms with E-state index in [1.807, 2.05) is 24.3 Å². The van der Waals surface area contributed by atoms with Crippen LogP contribution in [0.25, 0.3) is 16.7 Å². The van der Waals surface area contributed by atoms with Gasteiger partial charge in [0, 0.05) is 25.1 Å². The molecular formula is C28H26N6O4. The number of hydrogen-bond acceptors (Lipinski definition) is 7. The van der Waals surface area contributed by atoms with Crippen LogP contribution in [0.1, 0.15) is 21.5 Å². The third-order valence-electron chi connectivity index (χ3n) is 6.27. The van der Waals surface area contributed by atoms with Crippen molar-refractivity contribution in [3.05, 3.63) is 106 Å². The molecule has 1 aromatic carbocycles. The standard InChI is InChI=1S/C28H26N6O4/c1-37-22-9-8-18(14-23(22)38-2)10-12-31-27(35)20-15-21-26(32-24-7-3-4-13-33(24)28(21)36)34(25(20)29)17-19-6-5-11-30-16-19/h3-9,11,13-16,29H,10,12,17H2,1-2H3,(H,31,35). The van der Waals surface area contributed by atoms with Crippen LogP contribution >= 0.6 is 0 Å². The van der Waals surface area contributed by atoms with E-state index in [1.165, 1.54) is 10.5 Å². The van der Waals surface area contributed by atoms with Gasteiger partial charge in [0.25, 0.3) is 11.5 Å². The zero-order valence-electron chi connectivity index (χ0n) is 21.0. The number of nitrogens with one attached hydrogen (secondary N) is 2. The first-order valence-corrected chi connectivity index (χ1v) is 12.0. The Morgan fingerprint density at radius 3 is 2.63 bits per heavy atom. The summed E-state index contributed by atoms with van der Waals surface area (Å²) in [6.07, 6.45) is 5.51. The van der Waals surface area contributed by atoms with Gasteiger partial charge in [0.05, 0.1) is 31.7 Å². The summed E-state index contributed by atoms with van der Waals surface area (Å²) in [6.45, 7) is 0.550. The maximum absolute atomic E-state index is 13.4. The lowest BCUT2D eigenvalue weighted by atomic mass is 10.1. The average molecular weight is 511 g/mol. The summed E-state index contributed by atoms with van der Waals surface area (Å²) in [6, 6.07) is 16.0. The van der Waals surface area contributed by atoms with E-state index in [0.717, 1.165) is 11.1 Å². The summed E-state index contributed by atoms with van der Waals surface area (Å²) in [5.41, 5.74) is 2.28. The zero-order valence-corrected chi connectivity index (χ0v) is 21.0. The Bertz CT molecular complexity index is 1760. The third-order valence-corrected chi connectivity index (χ3v) is 6.27. The number of benzene rings is 1. The number of methoxy groups -OCH3 is 2. The molecule has 10 nitrogen and oxygen atoms in total. The monoisotopic (exact) mass is 510 g/mol. The lowest BCUT2D eigenvalue weighted by Gasteiger charge is -2.15. The lowest BCUT2D eigenvalue weighted by Crippen LogP contribution is -2.35. The number of hydrogen-bond donors (Lipinski definition) is 2. The van der Waals surface area contributed by atoms with Crippen molar-refractivity contribution < 1.29 is 14.3 Å². The van der Waals surface area contributed by atoms with Crippen LogP contribution in [0, 0.1) is 5.41 Å². The molecule has 0 unspecified atom stereocenters. The van der Waals surface area contributed by atoms with Crippen LogP contribution < -0.4 is 25.8 Å². The topological polar surface area (TPSA) is 124 Å². The van der Waals surface area contributed by atoms with Crippen LogP contribution in [0.3, 0.4) is 0 Å². The summed E-state index contributed by atoms with van der Waals surface area (Å²) < 4.78 is 13.6. The van der Waals surface area contributed by atoms with Gasteiger partial charge < -0.3 is 19.4 Å². The molecule has 0 saturated carbocycles. The van der Waals surface area contributed by atoms with Gasteiger partial charge >= 0.3 is 0 Å². The molecule has 4 aromatic heterocycles. The van der Waals surface area contributed by atoms with Crippen LogP contribution in [0.4, 0.5) is 0 Å². The van der Waals surface area contributed by atoms with Gasteiger partial charge in [0.2, 0.25) is 0 Å². The minimum atomic E-state index is -0.449. The number of fused-ring (bicyclic) bond motifs is 2. The maximum atomic E-state index is 13.4. The molecule has 0 aliphatic carbocycles. The van der Waals surface area contributed by atoms with Gasteiger partial charge in [-0.05, 0) is 53.9 Å². The van der Waals surface area contributed by atoms with Crippen molar-refractivity contribution in [1.82, 2.24) is 24.3 Å². The molecule has 0 aliphatic heterocycles. The summed E-state index contributed by atoms with van der Waals surface area (Å²) in [5.74, 6) is 0.784. The molecule has 0 saturated heterocycles. The zero-order chi connectivity index (χ0) is 26.6. The molecule has 38 heavy (non-hydrogen) atoms. The number of rotatable bonds is 8. The second kappa shape index (κ2) is 10.6. The van der Waals surface area contributed by atoms with Crippen molar-refractivity contribution in [2.24, 2.45) is 0 Å². The number of carbonyl (C=O) groups is 1. The first-order valence-electron chi connectivity index (χ1n) is 12.0. The highest BCUT2D eigenvalue weighted by atomic mass is 16.5. The van der Waals surface area contributed by atoms with Crippen LogP contribution in [0.2, 0.25) is 0 Å². The van der Waals surface area contributed by atoms with Crippen LogP contribution in [0.5, 0.6) is 11.5 Å². The molecule has 5 aromatic rings. The van der Waals surface area contributed by atoms with Crippen molar-refractivity contribution in [3.63, 3.8) is 0 Å². The summed E-state index contributed by atoms with van der Waals surface area (Å²) >= 11 is 0. The molecule has 10 heteroatoms. The molecule has 1 amide bonds. The second-order valence-corrected chi connectivity index (χ2v) is 8.63. The summed E-state index contributed by atoms with van der Waals surface area (Å²) in [7, 11) is 3.14. The fraction of sp³-hybridized carbons (Fsp3) is 0.179. The van der Waals surface area contributed by atoms with E-state index in [9.17, 15) is 9.59 Å². The van der Waals surface area contributed by atoms with E-state index in [4.69, 9.17) is 14.9 Å². The van der Waals surface area contributed by atoms with Gasteiger partial charge in [0.15, 0.2) is 11.5 Å². The summed E-state index contributed by atoms with van der Waals surface area (Å²) in [4.78, 5) is 35.5. The van der Waals surface area contributed by atoms with Gasteiger partial charge in [-0.2, -0.15) is 0 Å². The highest BCUT2D eigenvalue weighted by molar-refractivity contribution is 5.96. The fourth-order valence-electron chi connectivity index (χ4n) is 4.34. The quantitative estimate of drug-likeness (QED) is 0.309. The first kappa shape index (κ1) is 24.7. The Morgan fingerprint density at radius 2 is 1.87 bits per heavy atom. The highest BCUT2D eigenvalue weighted by Gasteiger charge is 2.18. The molecule has 0 radical (unpaired) electrons. The Balaban J connectivity index is 1.51. The number of aromatic nitrogens is 4. The van der Waals surface area contributed by atoms with E-state index in [-0.39, 0.29) is 28.5 Å². The number of nitrogens with zero attached hydrogens (tertiary/aromatic N) is 4. The highest BCUT2D eigenvalue weighted by Crippen LogP contribution is 2.27. The van der Waals surface area contributed by atoms with Crippen molar-refractivity contribution in [3.8, 4) is 11.5 Å². The van der Waals surface area contributed by atoms with E-state index < -0.39 is 5.91 Å². The molecule has 0 atom stereocenters. The predicted octanol–water partition coefficient (Wildman–Crippen LogP) is 2.56. The largest absolute Gasteiger partial charge is 0.493 e. The van der Waals surface area contributed by atoms with Crippen molar-refractivity contribution in [2.45, 2.75) is 13.0 Å². The predicted molar refractivity (Wildman–Crippen MR) is 142 cm³/mol. The Morgan fingerprint density at radius 1 is 1.03 bits per heavy atom. The molecule has 0 aliphatic rings. The number of carbonyl (C=O) groups excluding carboxylic acids is 1. The Kier molecular flexibility index (Phi) is 6.86. The lowest BCUT2D eigenvalue weighted by molar-refractivity contribution is 0.0951. The molecule has 0 bridgehead atoms. The average Bonchev–Trinajstić information content (AvgIpc) is 2.95. The van der Waals surface area contributed by atoms with Crippen LogP contribution in [0.15, 0.2) is 78.0 Å². The molecule has 5 rings (SSSR count).